The van der Waals surface area contributed by atoms with Gasteiger partial charge in [0.1, 0.15) is 17.3 Å². The second kappa shape index (κ2) is 8.80. The number of nitrogens with one attached hydrogen (secondary N) is 1. The van der Waals surface area contributed by atoms with E-state index in [1.807, 2.05) is 61.5 Å². The lowest BCUT2D eigenvalue weighted by Gasteiger charge is -2.20. The summed E-state index contributed by atoms with van der Waals surface area (Å²) in [6.07, 6.45) is 3.06. The minimum atomic E-state index is -0.137. The molecular formula is C21H22N4O2. The quantitative estimate of drug-likeness (QED) is 0.691. The number of amides is 1. The van der Waals surface area contributed by atoms with Crippen LogP contribution in [-0.2, 0) is 6.54 Å². The summed E-state index contributed by atoms with van der Waals surface area (Å²) in [5.74, 6) is 1.17. The van der Waals surface area contributed by atoms with Gasteiger partial charge >= 0.3 is 0 Å². The Bertz CT molecular complexity index is 882. The predicted molar refractivity (Wildman–Crippen MR) is 105 cm³/mol. The Labute approximate surface area is 158 Å². The molecule has 3 rings (SSSR count). The maximum absolute atomic E-state index is 12.7. The van der Waals surface area contributed by atoms with Gasteiger partial charge in [0.2, 0.25) is 0 Å². The van der Waals surface area contributed by atoms with Crippen molar-refractivity contribution in [1.82, 2.24) is 14.9 Å². The molecule has 6 heteroatoms. The summed E-state index contributed by atoms with van der Waals surface area (Å²) in [4.78, 5) is 23.1. The number of methoxy groups -OCH3 is 1. The third-order valence-corrected chi connectivity index (χ3v) is 4.10. The van der Waals surface area contributed by atoms with E-state index in [1.54, 1.807) is 18.2 Å². The number of rotatable bonds is 7. The lowest BCUT2D eigenvalue weighted by Crippen LogP contribution is -2.31. The molecule has 3 aromatic rings. The van der Waals surface area contributed by atoms with Crippen molar-refractivity contribution in [1.29, 1.82) is 0 Å². The number of ether oxygens (including phenoxy) is 1. The van der Waals surface area contributed by atoms with E-state index in [-0.39, 0.29) is 5.91 Å². The molecule has 0 atom stereocenters. The van der Waals surface area contributed by atoms with Gasteiger partial charge in [-0.25, -0.2) is 9.97 Å². The van der Waals surface area contributed by atoms with E-state index >= 15 is 0 Å². The molecule has 0 aliphatic rings. The smallest absolute Gasteiger partial charge is 0.274 e. The van der Waals surface area contributed by atoms with Gasteiger partial charge in [0, 0.05) is 24.8 Å². The average Bonchev–Trinajstić information content (AvgIpc) is 2.73. The number of anilines is 2. The third-order valence-electron chi connectivity index (χ3n) is 4.10. The molecule has 0 saturated heterocycles. The van der Waals surface area contributed by atoms with E-state index in [2.05, 4.69) is 15.3 Å². The van der Waals surface area contributed by atoms with Crippen LogP contribution in [0.4, 0.5) is 11.5 Å². The molecule has 1 amide bonds. The van der Waals surface area contributed by atoms with Crippen molar-refractivity contribution in [3.8, 4) is 5.75 Å². The van der Waals surface area contributed by atoms with Crippen molar-refractivity contribution in [3.63, 3.8) is 0 Å². The molecule has 6 nitrogen and oxygen atoms in total. The number of benzene rings is 2. The van der Waals surface area contributed by atoms with Gasteiger partial charge < -0.3 is 15.0 Å². The lowest BCUT2D eigenvalue weighted by molar-refractivity contribution is 0.0746. The number of carbonyl (C=O) groups excluding carboxylic acids is 1. The van der Waals surface area contributed by atoms with Crippen LogP contribution in [0.15, 0.2) is 67.0 Å². The van der Waals surface area contributed by atoms with Crippen molar-refractivity contribution in [2.45, 2.75) is 13.5 Å². The number of aromatic nitrogens is 2. The minimum absolute atomic E-state index is 0.137. The first-order chi connectivity index (χ1) is 13.2. The maximum atomic E-state index is 12.7. The van der Waals surface area contributed by atoms with Gasteiger partial charge in [0.05, 0.1) is 19.5 Å². The number of hydrogen-bond donors (Lipinski definition) is 1. The summed E-state index contributed by atoms with van der Waals surface area (Å²) in [7, 11) is 1.62. The van der Waals surface area contributed by atoms with E-state index in [9.17, 15) is 4.79 Å². The highest BCUT2D eigenvalue weighted by molar-refractivity contribution is 5.92. The molecule has 0 spiro atoms. The first-order valence-corrected chi connectivity index (χ1v) is 8.76. The zero-order valence-electron chi connectivity index (χ0n) is 15.4. The van der Waals surface area contributed by atoms with Crippen molar-refractivity contribution in [3.05, 3.63) is 78.2 Å². The van der Waals surface area contributed by atoms with Crippen LogP contribution in [0.1, 0.15) is 23.0 Å². The van der Waals surface area contributed by atoms with Gasteiger partial charge in [-0.05, 0) is 24.6 Å². The third kappa shape index (κ3) is 4.82. The summed E-state index contributed by atoms with van der Waals surface area (Å²) < 4.78 is 5.20. The highest BCUT2D eigenvalue weighted by Crippen LogP contribution is 2.20. The van der Waals surface area contributed by atoms with Gasteiger partial charge in [-0.3, -0.25) is 4.79 Å². The Kier molecular flexibility index (Phi) is 5.99. The van der Waals surface area contributed by atoms with Crippen LogP contribution in [0.2, 0.25) is 0 Å². The monoisotopic (exact) mass is 362 g/mol. The molecular weight excluding hydrogens is 340 g/mol. The fourth-order valence-corrected chi connectivity index (χ4v) is 2.64. The molecule has 1 heterocycles. The molecule has 0 unspecified atom stereocenters. The van der Waals surface area contributed by atoms with E-state index in [0.29, 0.717) is 24.6 Å². The zero-order valence-corrected chi connectivity index (χ0v) is 15.4. The summed E-state index contributed by atoms with van der Waals surface area (Å²) in [5, 5.41) is 3.15. The molecule has 0 saturated carbocycles. The minimum Gasteiger partial charge on any atom is -0.497 e. The first kappa shape index (κ1) is 18.4. The van der Waals surface area contributed by atoms with Crippen molar-refractivity contribution >= 4 is 17.4 Å². The standard InChI is InChI=1S/C21H22N4O2/c1-3-25(15-16-8-5-4-6-9-16)21(26)19-13-23-20(14-22-19)24-17-10-7-11-18(12-17)27-2/h4-14H,3,15H2,1-2H3,(H,23,24). The number of carbonyl (C=O) groups is 1. The summed E-state index contributed by atoms with van der Waals surface area (Å²) in [5.41, 5.74) is 2.24. The Morgan fingerprint density at radius 2 is 1.89 bits per heavy atom. The predicted octanol–water partition coefficient (Wildman–Crippen LogP) is 3.89. The van der Waals surface area contributed by atoms with Gasteiger partial charge in [-0.2, -0.15) is 0 Å². The molecule has 0 fully saturated rings. The lowest BCUT2D eigenvalue weighted by atomic mass is 10.2. The second-order valence-electron chi connectivity index (χ2n) is 5.95. The van der Waals surface area contributed by atoms with Gasteiger partial charge in [0.25, 0.3) is 5.91 Å². The van der Waals surface area contributed by atoms with E-state index < -0.39 is 0 Å². The molecule has 0 radical (unpaired) electrons. The maximum Gasteiger partial charge on any atom is 0.274 e. The first-order valence-electron chi connectivity index (χ1n) is 8.76. The summed E-state index contributed by atoms with van der Waals surface area (Å²) in [6, 6.07) is 17.4. The Morgan fingerprint density at radius 1 is 1.07 bits per heavy atom. The molecule has 1 aromatic heterocycles. The van der Waals surface area contributed by atoms with Crippen LogP contribution in [0, 0.1) is 0 Å². The normalized spacial score (nSPS) is 10.3. The largest absolute Gasteiger partial charge is 0.497 e. The SMILES string of the molecule is CCN(Cc1ccccc1)C(=O)c1cnc(Nc2cccc(OC)c2)cn1. The average molecular weight is 362 g/mol. The van der Waals surface area contributed by atoms with E-state index in [4.69, 9.17) is 4.74 Å². The number of hydrogen-bond acceptors (Lipinski definition) is 5. The van der Waals surface area contributed by atoms with Crippen LogP contribution in [0.5, 0.6) is 5.75 Å². The molecule has 27 heavy (non-hydrogen) atoms. The second-order valence-corrected chi connectivity index (χ2v) is 5.95. The number of nitrogens with zero attached hydrogens (tertiary/aromatic N) is 3. The highest BCUT2D eigenvalue weighted by Gasteiger charge is 2.16. The van der Waals surface area contributed by atoms with Gasteiger partial charge in [-0.1, -0.05) is 36.4 Å². The van der Waals surface area contributed by atoms with Gasteiger partial charge in [0.15, 0.2) is 0 Å². The molecule has 0 aliphatic carbocycles. The van der Waals surface area contributed by atoms with Crippen LogP contribution in [0.3, 0.4) is 0 Å². The molecule has 1 N–H and O–H groups in total. The Morgan fingerprint density at radius 3 is 2.56 bits per heavy atom. The van der Waals surface area contributed by atoms with Crippen molar-refractivity contribution < 1.29 is 9.53 Å². The molecule has 138 valence electrons. The van der Waals surface area contributed by atoms with Crippen molar-refractivity contribution in [2.75, 3.05) is 19.0 Å². The molecule has 2 aromatic carbocycles. The summed E-state index contributed by atoms with van der Waals surface area (Å²) in [6.45, 7) is 3.09. The van der Waals surface area contributed by atoms with Crippen molar-refractivity contribution in [2.24, 2.45) is 0 Å². The molecule has 0 bridgehead atoms. The highest BCUT2D eigenvalue weighted by atomic mass is 16.5. The Balaban J connectivity index is 1.68. The fourth-order valence-electron chi connectivity index (χ4n) is 2.64. The topological polar surface area (TPSA) is 67.4 Å². The van der Waals surface area contributed by atoms with Crippen LogP contribution in [-0.4, -0.2) is 34.4 Å². The fraction of sp³-hybridized carbons (Fsp3) is 0.190. The summed E-state index contributed by atoms with van der Waals surface area (Å²) >= 11 is 0. The zero-order chi connectivity index (χ0) is 19.1. The van der Waals surface area contributed by atoms with E-state index in [1.165, 1.54) is 6.20 Å². The molecule has 0 aliphatic heterocycles. The van der Waals surface area contributed by atoms with E-state index in [0.717, 1.165) is 17.0 Å². The van der Waals surface area contributed by atoms with Crippen LogP contribution in [0.25, 0.3) is 0 Å². The van der Waals surface area contributed by atoms with Crippen LogP contribution < -0.4 is 10.1 Å². The Hall–Kier alpha value is -3.41. The van der Waals surface area contributed by atoms with Gasteiger partial charge in [-0.15, -0.1) is 0 Å². The van der Waals surface area contributed by atoms with Crippen LogP contribution >= 0.6 is 0 Å².